The van der Waals surface area contributed by atoms with E-state index < -0.39 is 21.9 Å². The molecule has 0 radical (unpaired) electrons. The molecule has 0 aliphatic rings. The second-order valence-electron chi connectivity index (χ2n) is 5.42. The minimum absolute atomic E-state index is 0.161. The zero-order valence-electron chi connectivity index (χ0n) is 10.9. The molecular formula is C13H14N2O4. The summed E-state index contributed by atoms with van der Waals surface area (Å²) >= 11 is 0. The zero-order chi connectivity index (χ0) is 14.4. The highest BCUT2D eigenvalue weighted by atomic mass is 16.6. The first-order valence-corrected chi connectivity index (χ1v) is 5.75. The van der Waals surface area contributed by atoms with Gasteiger partial charge in [-0.15, -0.1) is 0 Å². The van der Waals surface area contributed by atoms with Crippen LogP contribution in [0.3, 0.4) is 0 Å². The van der Waals surface area contributed by atoms with E-state index in [-0.39, 0.29) is 10.8 Å². The number of nitrogens with zero attached hydrogens (tertiary/aromatic N) is 1. The molecule has 1 heterocycles. The van der Waals surface area contributed by atoms with E-state index in [0.29, 0.717) is 5.52 Å². The Morgan fingerprint density at radius 2 is 1.95 bits per heavy atom. The summed E-state index contributed by atoms with van der Waals surface area (Å²) in [6.45, 7) is 5.97. The van der Waals surface area contributed by atoms with Gasteiger partial charge in [-0.05, 0) is 23.1 Å². The summed E-state index contributed by atoms with van der Waals surface area (Å²) in [6, 6.07) is 5.12. The Kier molecular flexibility index (Phi) is 2.81. The third-order valence-electron chi connectivity index (χ3n) is 3.01. The molecule has 6 nitrogen and oxygen atoms in total. The van der Waals surface area contributed by atoms with Crippen LogP contribution in [0.5, 0.6) is 5.75 Å². The molecule has 100 valence electrons. The molecule has 0 atom stereocenters. The van der Waals surface area contributed by atoms with Gasteiger partial charge in [-0.3, -0.25) is 14.9 Å². The van der Waals surface area contributed by atoms with E-state index in [4.69, 9.17) is 0 Å². The van der Waals surface area contributed by atoms with Crippen LogP contribution < -0.4 is 5.56 Å². The van der Waals surface area contributed by atoms with Crippen LogP contribution in [0, 0.1) is 10.1 Å². The van der Waals surface area contributed by atoms with Crippen molar-refractivity contribution < 1.29 is 10.0 Å². The Balaban J connectivity index is 2.86. The number of nitro groups is 1. The number of pyridine rings is 1. The number of hydrogen-bond donors (Lipinski definition) is 2. The third kappa shape index (κ3) is 2.16. The molecule has 0 aliphatic heterocycles. The molecular weight excluding hydrogens is 248 g/mol. The molecule has 0 unspecified atom stereocenters. The predicted octanol–water partition coefficient (Wildman–Crippen LogP) is 2.44. The summed E-state index contributed by atoms with van der Waals surface area (Å²) in [5.41, 5.74) is -0.597. The number of aromatic hydroxyl groups is 1. The average Bonchev–Trinajstić information content (AvgIpc) is 2.26. The first-order valence-electron chi connectivity index (χ1n) is 5.75. The molecule has 0 fully saturated rings. The number of benzene rings is 1. The van der Waals surface area contributed by atoms with Crippen LogP contribution in [0.4, 0.5) is 5.69 Å². The van der Waals surface area contributed by atoms with E-state index >= 15 is 0 Å². The Morgan fingerprint density at radius 1 is 1.32 bits per heavy atom. The summed E-state index contributed by atoms with van der Waals surface area (Å²) in [5, 5.41) is 21.0. The lowest BCUT2D eigenvalue weighted by molar-refractivity contribution is -0.387. The Bertz CT molecular complexity index is 726. The largest absolute Gasteiger partial charge is 0.501 e. The van der Waals surface area contributed by atoms with Crippen molar-refractivity contribution >= 4 is 16.6 Å². The molecule has 0 saturated carbocycles. The fourth-order valence-electron chi connectivity index (χ4n) is 1.90. The van der Waals surface area contributed by atoms with Gasteiger partial charge in [-0.2, -0.15) is 0 Å². The summed E-state index contributed by atoms with van der Waals surface area (Å²) in [5.74, 6) is -0.588. The Hall–Kier alpha value is -2.37. The van der Waals surface area contributed by atoms with Gasteiger partial charge in [0.15, 0.2) is 0 Å². The van der Waals surface area contributed by atoms with Gasteiger partial charge in [0.25, 0.3) is 0 Å². The quantitative estimate of drug-likeness (QED) is 0.609. The molecule has 0 spiro atoms. The second kappa shape index (κ2) is 4.08. The SMILES string of the molecule is CC(C)(C)c1ccc2[nH]c(=O)c([N+](=O)[O-])c(O)c2c1. The van der Waals surface area contributed by atoms with Crippen molar-refractivity contribution in [1.82, 2.24) is 4.98 Å². The van der Waals surface area contributed by atoms with E-state index in [1.54, 1.807) is 12.1 Å². The van der Waals surface area contributed by atoms with E-state index in [1.807, 2.05) is 26.8 Å². The molecule has 6 heteroatoms. The second-order valence-corrected chi connectivity index (χ2v) is 5.42. The fourth-order valence-corrected chi connectivity index (χ4v) is 1.90. The summed E-state index contributed by atoms with van der Waals surface area (Å²) in [7, 11) is 0. The molecule has 0 aliphatic carbocycles. The molecule has 0 saturated heterocycles. The predicted molar refractivity (Wildman–Crippen MR) is 71.6 cm³/mol. The molecule has 1 aromatic carbocycles. The monoisotopic (exact) mass is 262 g/mol. The molecule has 1 aromatic heterocycles. The van der Waals surface area contributed by atoms with Gasteiger partial charge in [-0.1, -0.05) is 26.8 Å². The van der Waals surface area contributed by atoms with Gasteiger partial charge in [-0.25, -0.2) is 0 Å². The summed E-state index contributed by atoms with van der Waals surface area (Å²) in [6.07, 6.45) is 0. The fraction of sp³-hybridized carbons (Fsp3) is 0.308. The van der Waals surface area contributed by atoms with E-state index in [9.17, 15) is 20.0 Å². The zero-order valence-corrected chi connectivity index (χ0v) is 10.9. The van der Waals surface area contributed by atoms with Crippen molar-refractivity contribution in [2.24, 2.45) is 0 Å². The summed E-state index contributed by atoms with van der Waals surface area (Å²) in [4.78, 5) is 23.8. The topological polar surface area (TPSA) is 96.2 Å². The number of aromatic amines is 1. The number of nitrogens with one attached hydrogen (secondary N) is 1. The van der Waals surface area contributed by atoms with Crippen LogP contribution in [-0.2, 0) is 5.41 Å². The van der Waals surface area contributed by atoms with E-state index in [0.717, 1.165) is 5.56 Å². The maximum absolute atomic E-state index is 11.5. The number of fused-ring (bicyclic) bond motifs is 1. The lowest BCUT2D eigenvalue weighted by Gasteiger charge is -2.19. The third-order valence-corrected chi connectivity index (χ3v) is 3.01. The highest BCUT2D eigenvalue weighted by Crippen LogP contribution is 2.33. The van der Waals surface area contributed by atoms with Crippen molar-refractivity contribution in [2.75, 3.05) is 0 Å². The lowest BCUT2D eigenvalue weighted by Crippen LogP contribution is -2.13. The molecule has 2 rings (SSSR count). The summed E-state index contributed by atoms with van der Waals surface area (Å²) < 4.78 is 0. The maximum atomic E-state index is 11.5. The Labute approximate surface area is 108 Å². The molecule has 2 aromatic rings. The van der Waals surface area contributed by atoms with Crippen molar-refractivity contribution in [3.63, 3.8) is 0 Å². The van der Waals surface area contributed by atoms with Crippen molar-refractivity contribution in [1.29, 1.82) is 0 Å². The first-order chi connectivity index (χ1) is 8.71. The van der Waals surface area contributed by atoms with E-state index in [2.05, 4.69) is 4.98 Å². The maximum Gasteiger partial charge on any atom is 0.375 e. The molecule has 0 bridgehead atoms. The molecule has 0 amide bonds. The first kappa shape index (κ1) is 13.1. The molecule has 19 heavy (non-hydrogen) atoms. The van der Waals surface area contributed by atoms with Gasteiger partial charge in [0.2, 0.25) is 5.75 Å². The number of H-pyrrole nitrogens is 1. The Morgan fingerprint density at radius 3 is 2.47 bits per heavy atom. The van der Waals surface area contributed by atoms with Crippen LogP contribution in [-0.4, -0.2) is 15.0 Å². The van der Waals surface area contributed by atoms with Crippen LogP contribution in [0.2, 0.25) is 0 Å². The van der Waals surface area contributed by atoms with Gasteiger partial charge in [0.1, 0.15) is 0 Å². The van der Waals surface area contributed by atoms with Crippen molar-refractivity contribution in [3.8, 4) is 5.75 Å². The standard InChI is InChI=1S/C13H14N2O4/c1-13(2,3)7-4-5-9-8(6-7)11(16)10(15(18)19)12(17)14-9/h4-6H,1-3H3,(H2,14,16,17). The highest BCUT2D eigenvalue weighted by Gasteiger charge is 2.23. The lowest BCUT2D eigenvalue weighted by atomic mass is 9.86. The number of aromatic nitrogens is 1. The van der Waals surface area contributed by atoms with Crippen LogP contribution in [0.15, 0.2) is 23.0 Å². The minimum Gasteiger partial charge on any atom is -0.501 e. The molecule has 2 N–H and O–H groups in total. The van der Waals surface area contributed by atoms with E-state index in [1.165, 1.54) is 0 Å². The number of rotatable bonds is 1. The normalized spacial score (nSPS) is 11.7. The van der Waals surface area contributed by atoms with Gasteiger partial charge < -0.3 is 10.1 Å². The highest BCUT2D eigenvalue weighted by molar-refractivity contribution is 5.88. The van der Waals surface area contributed by atoms with Crippen LogP contribution in [0.25, 0.3) is 10.9 Å². The van der Waals surface area contributed by atoms with Crippen molar-refractivity contribution in [3.05, 3.63) is 44.2 Å². The van der Waals surface area contributed by atoms with Crippen molar-refractivity contribution in [2.45, 2.75) is 26.2 Å². The number of hydrogen-bond acceptors (Lipinski definition) is 4. The van der Waals surface area contributed by atoms with Gasteiger partial charge in [0.05, 0.1) is 10.4 Å². The van der Waals surface area contributed by atoms with Gasteiger partial charge >= 0.3 is 11.2 Å². The minimum atomic E-state index is -0.904. The average molecular weight is 262 g/mol. The van der Waals surface area contributed by atoms with Crippen LogP contribution in [0.1, 0.15) is 26.3 Å². The van der Waals surface area contributed by atoms with Crippen LogP contribution >= 0.6 is 0 Å². The van der Waals surface area contributed by atoms with Gasteiger partial charge in [0, 0.05) is 5.39 Å². The smallest absolute Gasteiger partial charge is 0.375 e.